The van der Waals surface area contributed by atoms with Crippen molar-refractivity contribution in [3.05, 3.63) is 29.3 Å². The summed E-state index contributed by atoms with van der Waals surface area (Å²) < 4.78 is 27.6. The van der Waals surface area contributed by atoms with Crippen molar-refractivity contribution in [1.82, 2.24) is 10.0 Å². The van der Waals surface area contributed by atoms with Crippen LogP contribution in [0.5, 0.6) is 0 Å². The molecule has 2 N–H and O–H groups in total. The average Bonchev–Trinajstić information content (AvgIpc) is 2.47. The van der Waals surface area contributed by atoms with Gasteiger partial charge < -0.3 is 5.32 Å². The standard InChI is InChI=1S/C15H21N3O2S.ClH/c1-11-8-15(6-5-13(11)9-16)21(19,20)18-12(2)14-4-3-7-17-10-14;/h5-6,8,12,14,17-18H,3-4,7,10H2,1-2H3;1H. The monoisotopic (exact) mass is 343 g/mol. The minimum atomic E-state index is -3.54. The summed E-state index contributed by atoms with van der Waals surface area (Å²) in [5.74, 6) is 0.313. The van der Waals surface area contributed by atoms with Crippen molar-refractivity contribution in [2.24, 2.45) is 5.92 Å². The molecule has 2 rings (SSSR count). The highest BCUT2D eigenvalue weighted by Gasteiger charge is 2.25. The number of nitrogens with zero attached hydrogens (tertiary/aromatic N) is 1. The largest absolute Gasteiger partial charge is 0.316 e. The number of sulfonamides is 1. The summed E-state index contributed by atoms with van der Waals surface area (Å²) in [6.07, 6.45) is 2.11. The molecule has 0 amide bonds. The lowest BCUT2D eigenvalue weighted by atomic mass is 9.94. The van der Waals surface area contributed by atoms with Gasteiger partial charge in [-0.2, -0.15) is 5.26 Å². The quantitative estimate of drug-likeness (QED) is 0.875. The van der Waals surface area contributed by atoms with Crippen molar-refractivity contribution >= 4 is 22.4 Å². The minimum absolute atomic E-state index is 0. The zero-order chi connectivity index (χ0) is 15.5. The SMILES string of the molecule is Cc1cc(S(=O)(=O)NC(C)C2CCCNC2)ccc1C#N.Cl. The van der Waals surface area contributed by atoms with E-state index in [4.69, 9.17) is 5.26 Å². The van der Waals surface area contributed by atoms with Gasteiger partial charge in [-0.05, 0) is 69.5 Å². The van der Waals surface area contributed by atoms with E-state index < -0.39 is 10.0 Å². The van der Waals surface area contributed by atoms with Crippen molar-refractivity contribution in [2.75, 3.05) is 13.1 Å². The lowest BCUT2D eigenvalue weighted by Crippen LogP contribution is -2.44. The molecule has 1 aliphatic rings. The smallest absolute Gasteiger partial charge is 0.240 e. The van der Waals surface area contributed by atoms with Crippen LogP contribution in [-0.4, -0.2) is 27.5 Å². The maximum Gasteiger partial charge on any atom is 0.240 e. The number of aryl methyl sites for hydroxylation is 1. The first-order chi connectivity index (χ1) is 9.94. The van der Waals surface area contributed by atoms with E-state index in [9.17, 15) is 8.42 Å². The highest BCUT2D eigenvalue weighted by atomic mass is 35.5. The van der Waals surface area contributed by atoms with Gasteiger partial charge in [-0.3, -0.25) is 0 Å². The molecule has 2 atom stereocenters. The van der Waals surface area contributed by atoms with Gasteiger partial charge in [0.25, 0.3) is 0 Å². The fourth-order valence-electron chi connectivity index (χ4n) is 2.64. The van der Waals surface area contributed by atoms with Crippen molar-refractivity contribution < 1.29 is 8.42 Å². The summed E-state index contributed by atoms with van der Waals surface area (Å²) in [6, 6.07) is 6.52. The van der Waals surface area contributed by atoms with Crippen molar-refractivity contribution in [3.8, 4) is 6.07 Å². The van der Waals surface area contributed by atoms with E-state index in [0.717, 1.165) is 25.9 Å². The molecule has 22 heavy (non-hydrogen) atoms. The number of hydrogen-bond acceptors (Lipinski definition) is 4. The van der Waals surface area contributed by atoms with Gasteiger partial charge >= 0.3 is 0 Å². The summed E-state index contributed by atoms with van der Waals surface area (Å²) in [7, 11) is -3.54. The van der Waals surface area contributed by atoms with Crippen molar-refractivity contribution in [3.63, 3.8) is 0 Å². The van der Waals surface area contributed by atoms with Gasteiger partial charge in [0.15, 0.2) is 0 Å². The predicted octanol–water partition coefficient (Wildman–Crippen LogP) is 1.95. The zero-order valence-corrected chi connectivity index (χ0v) is 14.4. The average molecular weight is 344 g/mol. The molecule has 1 fully saturated rings. The third kappa shape index (κ3) is 4.43. The fourth-order valence-corrected chi connectivity index (χ4v) is 4.04. The van der Waals surface area contributed by atoms with E-state index >= 15 is 0 Å². The Kier molecular flexibility index (Phi) is 6.82. The number of nitrogens with one attached hydrogen (secondary N) is 2. The number of benzene rings is 1. The van der Waals surface area contributed by atoms with Gasteiger partial charge in [-0.1, -0.05) is 0 Å². The molecule has 122 valence electrons. The Bertz CT molecular complexity index is 649. The molecular weight excluding hydrogens is 322 g/mol. The molecule has 1 aromatic carbocycles. The van der Waals surface area contributed by atoms with Crippen LogP contribution in [-0.2, 0) is 10.0 Å². The molecule has 0 radical (unpaired) electrons. The molecular formula is C15H22ClN3O2S. The van der Waals surface area contributed by atoms with Crippen LogP contribution in [0.3, 0.4) is 0 Å². The first kappa shape index (κ1) is 18.9. The molecule has 0 saturated carbocycles. The van der Waals surface area contributed by atoms with E-state index in [-0.39, 0.29) is 23.3 Å². The predicted molar refractivity (Wildman–Crippen MR) is 88.5 cm³/mol. The van der Waals surface area contributed by atoms with Crippen LogP contribution in [0.25, 0.3) is 0 Å². The maximum absolute atomic E-state index is 12.4. The van der Waals surface area contributed by atoms with Crippen LogP contribution < -0.4 is 10.0 Å². The Morgan fingerprint density at radius 2 is 2.18 bits per heavy atom. The van der Waals surface area contributed by atoms with Gasteiger partial charge in [0.2, 0.25) is 10.0 Å². The van der Waals surface area contributed by atoms with Crippen LogP contribution in [0.4, 0.5) is 0 Å². The molecule has 0 bridgehead atoms. The van der Waals surface area contributed by atoms with Crippen molar-refractivity contribution in [2.45, 2.75) is 37.6 Å². The Morgan fingerprint density at radius 3 is 2.73 bits per heavy atom. The molecule has 1 heterocycles. The van der Waals surface area contributed by atoms with E-state index in [1.54, 1.807) is 19.1 Å². The van der Waals surface area contributed by atoms with Gasteiger partial charge in [-0.25, -0.2) is 13.1 Å². The molecule has 0 aromatic heterocycles. The Labute approximate surface area is 138 Å². The number of halogens is 1. The minimum Gasteiger partial charge on any atom is -0.316 e. The summed E-state index contributed by atoms with van der Waals surface area (Å²) in [6.45, 7) is 5.50. The highest BCUT2D eigenvalue weighted by Crippen LogP contribution is 2.19. The van der Waals surface area contributed by atoms with E-state index in [2.05, 4.69) is 10.0 Å². The van der Waals surface area contributed by atoms with Crippen LogP contribution in [0.2, 0.25) is 0 Å². The molecule has 7 heteroatoms. The maximum atomic E-state index is 12.4. The summed E-state index contributed by atoms with van der Waals surface area (Å²) in [5, 5.41) is 12.2. The molecule has 1 aliphatic heterocycles. The molecule has 1 aromatic rings. The van der Waals surface area contributed by atoms with Crippen molar-refractivity contribution in [1.29, 1.82) is 5.26 Å². The van der Waals surface area contributed by atoms with E-state index in [1.165, 1.54) is 6.07 Å². The number of piperidine rings is 1. The topological polar surface area (TPSA) is 82.0 Å². The molecule has 0 spiro atoms. The first-order valence-electron chi connectivity index (χ1n) is 7.18. The van der Waals surface area contributed by atoms with Gasteiger partial charge in [0.05, 0.1) is 16.5 Å². The van der Waals surface area contributed by atoms with Gasteiger partial charge in [0.1, 0.15) is 0 Å². The van der Waals surface area contributed by atoms with Crippen LogP contribution in [0.1, 0.15) is 30.9 Å². The molecule has 0 aliphatic carbocycles. The molecule has 1 saturated heterocycles. The normalized spacial score (nSPS) is 19.8. The molecule has 5 nitrogen and oxygen atoms in total. The Morgan fingerprint density at radius 1 is 1.45 bits per heavy atom. The second-order valence-electron chi connectivity index (χ2n) is 5.60. The fraction of sp³-hybridized carbons (Fsp3) is 0.533. The van der Waals surface area contributed by atoms with E-state index in [1.807, 2.05) is 13.0 Å². The number of nitriles is 1. The number of hydrogen-bond donors (Lipinski definition) is 2. The summed E-state index contributed by atoms with van der Waals surface area (Å²) in [4.78, 5) is 0.217. The molecule has 2 unspecified atom stereocenters. The first-order valence-corrected chi connectivity index (χ1v) is 8.66. The van der Waals surface area contributed by atoms with Gasteiger partial charge in [0, 0.05) is 6.04 Å². The van der Waals surface area contributed by atoms with E-state index in [0.29, 0.717) is 17.0 Å². The summed E-state index contributed by atoms with van der Waals surface area (Å²) >= 11 is 0. The van der Waals surface area contributed by atoms with Crippen LogP contribution in [0, 0.1) is 24.2 Å². The van der Waals surface area contributed by atoms with Crippen LogP contribution >= 0.6 is 12.4 Å². The van der Waals surface area contributed by atoms with Crippen LogP contribution in [0.15, 0.2) is 23.1 Å². The Balaban J connectivity index is 0.00000242. The number of rotatable bonds is 4. The second-order valence-corrected chi connectivity index (χ2v) is 7.32. The third-order valence-electron chi connectivity index (χ3n) is 4.01. The summed E-state index contributed by atoms with van der Waals surface area (Å²) in [5.41, 5.74) is 1.17. The van der Waals surface area contributed by atoms with Gasteiger partial charge in [-0.15, -0.1) is 12.4 Å². The second kappa shape index (κ2) is 7.93. The lowest BCUT2D eigenvalue weighted by molar-refractivity contribution is 0.320. The lowest BCUT2D eigenvalue weighted by Gasteiger charge is -2.28. The zero-order valence-electron chi connectivity index (χ0n) is 12.8. The Hall–Kier alpha value is -1.13. The highest BCUT2D eigenvalue weighted by molar-refractivity contribution is 7.89. The third-order valence-corrected chi connectivity index (χ3v) is 5.57.